The smallest absolute Gasteiger partial charge is 0.330 e. The molecule has 1 fully saturated rings. The molecule has 100 valence electrons. The van der Waals surface area contributed by atoms with E-state index in [2.05, 4.69) is 15.3 Å². The zero-order chi connectivity index (χ0) is 13.0. The summed E-state index contributed by atoms with van der Waals surface area (Å²) in [6.45, 7) is 4.13. The second kappa shape index (κ2) is 5.81. The molecule has 1 N–H and O–H groups in total. The van der Waals surface area contributed by atoms with E-state index in [9.17, 15) is 10.1 Å². The van der Waals surface area contributed by atoms with Crippen molar-refractivity contribution in [2.75, 3.05) is 31.5 Å². The van der Waals surface area contributed by atoms with Crippen molar-refractivity contribution >= 4 is 11.5 Å². The fraction of sp³-hybridized carbons (Fsp3) is 0.727. The van der Waals surface area contributed by atoms with E-state index in [0.29, 0.717) is 12.4 Å². The number of nitro groups is 1. The van der Waals surface area contributed by atoms with E-state index < -0.39 is 4.92 Å². The summed E-state index contributed by atoms with van der Waals surface area (Å²) >= 11 is 0. The Hall–Kier alpha value is -1.63. The quantitative estimate of drug-likeness (QED) is 0.468. The molecular formula is C11H19N5O2. The molecule has 0 aromatic carbocycles. The van der Waals surface area contributed by atoms with Crippen molar-refractivity contribution in [2.45, 2.75) is 19.3 Å². The topological polar surface area (TPSA) is 76.2 Å². The van der Waals surface area contributed by atoms with Gasteiger partial charge in [-0.3, -0.25) is 14.8 Å². The van der Waals surface area contributed by atoms with Gasteiger partial charge in [0, 0.05) is 13.6 Å². The first-order valence-electron chi connectivity index (χ1n) is 6.31. The van der Waals surface area contributed by atoms with Gasteiger partial charge in [-0.25, -0.2) is 0 Å². The van der Waals surface area contributed by atoms with Crippen LogP contribution in [0.3, 0.4) is 0 Å². The molecule has 0 aliphatic carbocycles. The molecule has 7 nitrogen and oxygen atoms in total. The van der Waals surface area contributed by atoms with Crippen LogP contribution in [0, 0.1) is 10.1 Å². The molecule has 2 rings (SSSR count). The second-order valence-corrected chi connectivity index (χ2v) is 4.62. The van der Waals surface area contributed by atoms with Crippen LogP contribution in [0.15, 0.2) is 6.20 Å². The Kier molecular flexibility index (Phi) is 4.14. The summed E-state index contributed by atoms with van der Waals surface area (Å²) in [7, 11) is 1.68. The number of hydrogen-bond donors (Lipinski definition) is 1. The molecule has 0 saturated carbocycles. The molecule has 0 amide bonds. The summed E-state index contributed by atoms with van der Waals surface area (Å²) in [6.07, 6.45) is 4.98. The highest BCUT2D eigenvalue weighted by atomic mass is 16.6. The van der Waals surface area contributed by atoms with E-state index in [0.717, 1.165) is 13.0 Å². The lowest BCUT2D eigenvalue weighted by molar-refractivity contribution is -0.384. The zero-order valence-corrected chi connectivity index (χ0v) is 10.6. The second-order valence-electron chi connectivity index (χ2n) is 4.62. The molecule has 0 bridgehead atoms. The zero-order valence-electron chi connectivity index (χ0n) is 10.6. The van der Waals surface area contributed by atoms with E-state index in [1.165, 1.54) is 36.8 Å². The van der Waals surface area contributed by atoms with Crippen molar-refractivity contribution < 1.29 is 4.92 Å². The van der Waals surface area contributed by atoms with Crippen LogP contribution in [0.5, 0.6) is 0 Å². The Morgan fingerprint density at radius 3 is 2.89 bits per heavy atom. The maximum absolute atomic E-state index is 10.8. The molecule has 1 aliphatic rings. The first-order chi connectivity index (χ1) is 8.66. The first-order valence-corrected chi connectivity index (χ1v) is 6.31. The summed E-state index contributed by atoms with van der Waals surface area (Å²) in [6, 6.07) is 0. The van der Waals surface area contributed by atoms with Gasteiger partial charge < -0.3 is 10.2 Å². The van der Waals surface area contributed by atoms with Gasteiger partial charge >= 0.3 is 5.69 Å². The number of likely N-dealkylation sites (tertiary alicyclic amines) is 1. The van der Waals surface area contributed by atoms with Gasteiger partial charge in [0.05, 0.1) is 4.92 Å². The van der Waals surface area contributed by atoms with Crippen molar-refractivity contribution in [3.63, 3.8) is 0 Å². The van der Waals surface area contributed by atoms with Crippen molar-refractivity contribution in [1.82, 2.24) is 14.7 Å². The van der Waals surface area contributed by atoms with E-state index in [4.69, 9.17) is 0 Å². The van der Waals surface area contributed by atoms with Gasteiger partial charge in [0.25, 0.3) is 0 Å². The standard InChI is InChI=1S/C11H19N5O2/c1-14-9-10(16(17)18)11(13-14)12-5-4-8-15-6-2-3-7-15/h9H,2-8H2,1H3,(H,12,13). The van der Waals surface area contributed by atoms with Crippen LogP contribution >= 0.6 is 0 Å². The average Bonchev–Trinajstić information content (AvgIpc) is 2.93. The third kappa shape index (κ3) is 3.19. The summed E-state index contributed by atoms with van der Waals surface area (Å²) in [5, 5.41) is 17.9. The molecule has 0 radical (unpaired) electrons. The molecule has 0 spiro atoms. The predicted molar refractivity (Wildman–Crippen MR) is 68.6 cm³/mol. The highest BCUT2D eigenvalue weighted by Crippen LogP contribution is 2.21. The van der Waals surface area contributed by atoms with E-state index in [1.807, 2.05) is 0 Å². The van der Waals surface area contributed by atoms with Crippen molar-refractivity contribution in [3.8, 4) is 0 Å². The van der Waals surface area contributed by atoms with Crippen molar-refractivity contribution in [2.24, 2.45) is 7.05 Å². The van der Waals surface area contributed by atoms with Gasteiger partial charge in [0.2, 0.25) is 5.82 Å². The number of anilines is 1. The first kappa shape index (κ1) is 12.8. The summed E-state index contributed by atoms with van der Waals surface area (Å²) < 4.78 is 1.46. The fourth-order valence-corrected chi connectivity index (χ4v) is 2.25. The SMILES string of the molecule is Cn1cc([N+](=O)[O-])c(NCCCN2CCCC2)n1. The van der Waals surface area contributed by atoms with Crippen LogP contribution in [0.25, 0.3) is 0 Å². The number of nitrogens with one attached hydrogen (secondary N) is 1. The largest absolute Gasteiger partial charge is 0.363 e. The highest BCUT2D eigenvalue weighted by molar-refractivity contribution is 5.54. The predicted octanol–water partition coefficient (Wildman–Crippen LogP) is 1.23. The maximum atomic E-state index is 10.8. The monoisotopic (exact) mass is 253 g/mol. The molecule has 2 heterocycles. The number of aryl methyl sites for hydroxylation is 1. The molecule has 0 atom stereocenters. The van der Waals surface area contributed by atoms with Gasteiger partial charge in [-0.1, -0.05) is 0 Å². The summed E-state index contributed by atoms with van der Waals surface area (Å²) in [4.78, 5) is 12.8. The maximum Gasteiger partial charge on any atom is 0.330 e. The average molecular weight is 253 g/mol. The summed E-state index contributed by atoms with van der Waals surface area (Å²) in [5.41, 5.74) is 0.0404. The number of aromatic nitrogens is 2. The molecule has 1 saturated heterocycles. The van der Waals surface area contributed by atoms with E-state index in [-0.39, 0.29) is 5.69 Å². The molecule has 18 heavy (non-hydrogen) atoms. The number of nitrogens with zero attached hydrogens (tertiary/aromatic N) is 4. The van der Waals surface area contributed by atoms with Crippen LogP contribution in [0.2, 0.25) is 0 Å². The van der Waals surface area contributed by atoms with Crippen molar-refractivity contribution in [3.05, 3.63) is 16.3 Å². The molecule has 0 unspecified atom stereocenters. The lowest BCUT2D eigenvalue weighted by Gasteiger charge is -2.13. The number of hydrogen-bond acceptors (Lipinski definition) is 5. The Labute approximate surface area is 106 Å². The van der Waals surface area contributed by atoms with Crippen LogP contribution in [0.1, 0.15) is 19.3 Å². The fourth-order valence-electron chi connectivity index (χ4n) is 2.25. The normalized spacial score (nSPS) is 16.1. The number of rotatable bonds is 6. The molecule has 1 aliphatic heterocycles. The van der Waals surface area contributed by atoms with Gasteiger partial charge in [0.15, 0.2) is 0 Å². The van der Waals surface area contributed by atoms with E-state index >= 15 is 0 Å². The molecular weight excluding hydrogens is 234 g/mol. The third-order valence-electron chi connectivity index (χ3n) is 3.15. The van der Waals surface area contributed by atoms with Crippen LogP contribution in [-0.2, 0) is 7.05 Å². The lowest BCUT2D eigenvalue weighted by Crippen LogP contribution is -2.22. The van der Waals surface area contributed by atoms with E-state index in [1.54, 1.807) is 7.05 Å². The molecule has 1 aromatic rings. The Morgan fingerprint density at radius 2 is 2.22 bits per heavy atom. The van der Waals surface area contributed by atoms with Gasteiger partial charge in [-0.2, -0.15) is 0 Å². The van der Waals surface area contributed by atoms with Gasteiger partial charge in [-0.05, 0) is 38.9 Å². The van der Waals surface area contributed by atoms with Gasteiger partial charge in [-0.15, -0.1) is 5.10 Å². The van der Waals surface area contributed by atoms with Crippen LogP contribution in [-0.4, -0.2) is 45.8 Å². The Balaban J connectivity index is 1.77. The van der Waals surface area contributed by atoms with Crippen LogP contribution in [0.4, 0.5) is 11.5 Å². The minimum atomic E-state index is -0.407. The minimum Gasteiger partial charge on any atom is -0.363 e. The molecule has 7 heteroatoms. The van der Waals surface area contributed by atoms with Crippen molar-refractivity contribution in [1.29, 1.82) is 0 Å². The highest BCUT2D eigenvalue weighted by Gasteiger charge is 2.18. The van der Waals surface area contributed by atoms with Crippen LogP contribution < -0.4 is 5.32 Å². The lowest BCUT2D eigenvalue weighted by atomic mass is 10.4. The Bertz CT molecular complexity index is 412. The molecule has 1 aromatic heterocycles. The third-order valence-corrected chi connectivity index (χ3v) is 3.15. The summed E-state index contributed by atoms with van der Waals surface area (Å²) in [5.74, 6) is 0.365. The van der Waals surface area contributed by atoms with Gasteiger partial charge in [0.1, 0.15) is 6.20 Å². The minimum absolute atomic E-state index is 0.0404. The Morgan fingerprint density at radius 1 is 1.50 bits per heavy atom.